The van der Waals surface area contributed by atoms with E-state index in [4.69, 9.17) is 28.4 Å². The number of hydrogen-bond donors (Lipinski definition) is 0. The third kappa shape index (κ3) is 7.79. The van der Waals surface area contributed by atoms with Crippen molar-refractivity contribution in [3.8, 4) is 0 Å². The van der Waals surface area contributed by atoms with Gasteiger partial charge in [0.2, 0.25) is 0 Å². The lowest BCUT2D eigenvalue weighted by Crippen LogP contribution is -2.61. The van der Waals surface area contributed by atoms with Gasteiger partial charge in [-0.3, -0.25) is 0 Å². The second-order valence-electron chi connectivity index (χ2n) is 6.80. The topological polar surface area (TPSA) is 55.4 Å². The van der Waals surface area contributed by atoms with Crippen molar-refractivity contribution in [3.05, 3.63) is 0 Å². The zero-order valence-corrected chi connectivity index (χ0v) is 17.4. The van der Waals surface area contributed by atoms with E-state index in [1.54, 1.807) is 14.2 Å². The molecule has 1 aliphatic rings. The second-order valence-corrected chi connectivity index (χ2v) is 6.80. The number of hydrogen-bond acceptors (Lipinski definition) is 6. The van der Waals surface area contributed by atoms with E-state index in [9.17, 15) is 0 Å². The lowest BCUT2D eigenvalue weighted by atomic mass is 9.98. The van der Waals surface area contributed by atoms with Crippen molar-refractivity contribution in [2.75, 3.05) is 40.6 Å². The van der Waals surface area contributed by atoms with Gasteiger partial charge in [0.25, 0.3) is 0 Å². The molecule has 0 aromatic heterocycles. The van der Waals surface area contributed by atoms with Crippen LogP contribution in [0.1, 0.15) is 59.3 Å². The quantitative estimate of drug-likeness (QED) is 0.407. The summed E-state index contributed by atoms with van der Waals surface area (Å²) in [5.41, 5.74) is 0. The van der Waals surface area contributed by atoms with Crippen LogP contribution in [0.5, 0.6) is 0 Å². The Bertz CT molecular complexity index is 327. The highest BCUT2D eigenvalue weighted by Crippen LogP contribution is 2.29. The molecule has 0 saturated carbocycles. The van der Waals surface area contributed by atoms with Crippen LogP contribution in [0.3, 0.4) is 0 Å². The molecule has 1 aliphatic heterocycles. The summed E-state index contributed by atoms with van der Waals surface area (Å²) in [6, 6.07) is 0. The minimum atomic E-state index is -0.482. The summed E-state index contributed by atoms with van der Waals surface area (Å²) >= 11 is 0. The molecule has 0 aromatic carbocycles. The van der Waals surface area contributed by atoms with Gasteiger partial charge in [0, 0.05) is 34.0 Å². The summed E-state index contributed by atoms with van der Waals surface area (Å²) in [5.74, 6) is 0. The SMILES string of the molecule is CCCCOC1C(COC)OC(OC)C(OCCCC)C1OCCCC. The predicted molar refractivity (Wildman–Crippen MR) is 101 cm³/mol. The first-order chi connectivity index (χ1) is 12.7. The standard InChI is InChI=1S/C20H40O6/c1-6-9-12-23-17-16(15-21-4)26-20(22-5)19(25-14-11-8-3)18(17)24-13-10-7-2/h16-20H,6-15H2,1-5H3. The van der Waals surface area contributed by atoms with E-state index in [0.29, 0.717) is 26.4 Å². The molecule has 26 heavy (non-hydrogen) atoms. The molecule has 5 atom stereocenters. The van der Waals surface area contributed by atoms with Gasteiger partial charge in [-0.05, 0) is 19.3 Å². The van der Waals surface area contributed by atoms with Gasteiger partial charge >= 0.3 is 0 Å². The molecule has 1 rings (SSSR count). The van der Waals surface area contributed by atoms with E-state index < -0.39 is 6.29 Å². The van der Waals surface area contributed by atoms with Crippen LogP contribution in [-0.2, 0) is 28.4 Å². The molecule has 0 aliphatic carbocycles. The van der Waals surface area contributed by atoms with Crippen LogP contribution < -0.4 is 0 Å². The first-order valence-electron chi connectivity index (χ1n) is 10.2. The molecule has 6 heteroatoms. The number of methoxy groups -OCH3 is 2. The molecular weight excluding hydrogens is 336 g/mol. The number of ether oxygens (including phenoxy) is 6. The maximum absolute atomic E-state index is 6.25. The van der Waals surface area contributed by atoms with Crippen molar-refractivity contribution in [2.45, 2.75) is 90.0 Å². The third-order valence-corrected chi connectivity index (χ3v) is 4.58. The van der Waals surface area contributed by atoms with Crippen molar-refractivity contribution in [1.29, 1.82) is 0 Å². The molecule has 5 unspecified atom stereocenters. The van der Waals surface area contributed by atoms with Crippen molar-refractivity contribution in [3.63, 3.8) is 0 Å². The highest BCUT2D eigenvalue weighted by Gasteiger charge is 2.48. The molecule has 156 valence electrons. The van der Waals surface area contributed by atoms with Crippen LogP contribution in [0.15, 0.2) is 0 Å². The fourth-order valence-electron chi connectivity index (χ4n) is 3.03. The average Bonchev–Trinajstić information content (AvgIpc) is 2.65. The van der Waals surface area contributed by atoms with Gasteiger partial charge < -0.3 is 28.4 Å². The van der Waals surface area contributed by atoms with Crippen molar-refractivity contribution < 1.29 is 28.4 Å². The van der Waals surface area contributed by atoms with Gasteiger partial charge in [0.05, 0.1) is 6.61 Å². The molecule has 0 amide bonds. The first kappa shape index (κ1) is 23.8. The lowest BCUT2D eigenvalue weighted by Gasteiger charge is -2.45. The van der Waals surface area contributed by atoms with Gasteiger partial charge in [0.1, 0.15) is 24.4 Å². The van der Waals surface area contributed by atoms with Gasteiger partial charge in [0.15, 0.2) is 6.29 Å². The fraction of sp³-hybridized carbons (Fsp3) is 1.00. The Morgan fingerprint density at radius 2 is 1.19 bits per heavy atom. The highest BCUT2D eigenvalue weighted by molar-refractivity contribution is 4.93. The summed E-state index contributed by atoms with van der Waals surface area (Å²) in [5, 5.41) is 0. The summed E-state index contributed by atoms with van der Waals surface area (Å²) in [7, 11) is 3.32. The lowest BCUT2D eigenvalue weighted by molar-refractivity contribution is -0.317. The van der Waals surface area contributed by atoms with E-state index in [-0.39, 0.29) is 24.4 Å². The Kier molecular flexibility index (Phi) is 13.5. The molecule has 0 spiro atoms. The second kappa shape index (κ2) is 14.8. The average molecular weight is 377 g/mol. The van der Waals surface area contributed by atoms with Crippen LogP contribution in [0.4, 0.5) is 0 Å². The summed E-state index contributed by atoms with van der Waals surface area (Å²) in [6.07, 6.45) is 4.78. The minimum absolute atomic E-state index is 0.226. The third-order valence-electron chi connectivity index (χ3n) is 4.58. The Balaban J connectivity index is 2.92. The van der Waals surface area contributed by atoms with E-state index in [1.807, 2.05) is 0 Å². The molecule has 6 nitrogen and oxygen atoms in total. The highest BCUT2D eigenvalue weighted by atomic mass is 16.7. The Morgan fingerprint density at radius 3 is 1.65 bits per heavy atom. The predicted octanol–water partition coefficient (Wildman–Crippen LogP) is 3.56. The van der Waals surface area contributed by atoms with E-state index >= 15 is 0 Å². The smallest absolute Gasteiger partial charge is 0.186 e. The minimum Gasteiger partial charge on any atom is -0.382 e. The van der Waals surface area contributed by atoms with Crippen LogP contribution in [0, 0.1) is 0 Å². The maximum atomic E-state index is 6.25. The first-order valence-corrected chi connectivity index (χ1v) is 10.2. The van der Waals surface area contributed by atoms with E-state index in [1.165, 1.54) is 0 Å². The van der Waals surface area contributed by atoms with E-state index in [2.05, 4.69) is 20.8 Å². The van der Waals surface area contributed by atoms with Crippen LogP contribution in [-0.4, -0.2) is 71.4 Å². The number of rotatable bonds is 15. The van der Waals surface area contributed by atoms with Crippen molar-refractivity contribution in [1.82, 2.24) is 0 Å². The number of unbranched alkanes of at least 4 members (excludes halogenated alkanes) is 3. The Labute approximate surface area is 159 Å². The summed E-state index contributed by atoms with van der Waals surface area (Å²) in [4.78, 5) is 0. The molecule has 0 aromatic rings. The van der Waals surface area contributed by atoms with Gasteiger partial charge in [-0.1, -0.05) is 40.0 Å². The summed E-state index contributed by atoms with van der Waals surface area (Å²) < 4.78 is 35.7. The molecule has 0 bridgehead atoms. The van der Waals surface area contributed by atoms with Crippen molar-refractivity contribution in [2.24, 2.45) is 0 Å². The van der Waals surface area contributed by atoms with Crippen LogP contribution in [0.25, 0.3) is 0 Å². The molecule has 1 heterocycles. The van der Waals surface area contributed by atoms with Crippen LogP contribution in [0.2, 0.25) is 0 Å². The fourth-order valence-corrected chi connectivity index (χ4v) is 3.03. The summed E-state index contributed by atoms with van der Waals surface area (Å²) in [6.45, 7) is 8.91. The van der Waals surface area contributed by atoms with Gasteiger partial charge in [-0.15, -0.1) is 0 Å². The zero-order valence-electron chi connectivity index (χ0n) is 17.4. The molecule has 0 radical (unpaired) electrons. The largest absolute Gasteiger partial charge is 0.382 e. The molecule has 0 N–H and O–H groups in total. The van der Waals surface area contributed by atoms with Gasteiger partial charge in [-0.2, -0.15) is 0 Å². The zero-order chi connectivity index (χ0) is 19.2. The molecule has 1 fully saturated rings. The monoisotopic (exact) mass is 376 g/mol. The molecule has 1 saturated heterocycles. The van der Waals surface area contributed by atoms with Crippen LogP contribution >= 0.6 is 0 Å². The maximum Gasteiger partial charge on any atom is 0.186 e. The Morgan fingerprint density at radius 1 is 0.692 bits per heavy atom. The van der Waals surface area contributed by atoms with Crippen molar-refractivity contribution >= 4 is 0 Å². The molecular formula is C20H40O6. The Hall–Kier alpha value is -0.240. The van der Waals surface area contributed by atoms with E-state index in [0.717, 1.165) is 38.5 Å². The normalized spacial score (nSPS) is 29.2. The van der Waals surface area contributed by atoms with Gasteiger partial charge in [-0.25, -0.2) is 0 Å².